The minimum atomic E-state index is 0.302. The van der Waals surface area contributed by atoms with Crippen LogP contribution in [0.2, 0.25) is 0 Å². The zero-order valence-electron chi connectivity index (χ0n) is 9.98. The highest BCUT2D eigenvalue weighted by Gasteiger charge is 2.30. The number of hydrogen-bond acceptors (Lipinski definition) is 5. The minimum Gasteiger partial charge on any atom is -0.336 e. The van der Waals surface area contributed by atoms with Crippen molar-refractivity contribution in [1.82, 2.24) is 19.7 Å². The summed E-state index contributed by atoms with van der Waals surface area (Å²) in [6, 6.07) is 4.26. The van der Waals surface area contributed by atoms with Crippen molar-refractivity contribution < 1.29 is 0 Å². The SMILES string of the molecule is Cc1ccnc(N2CC(n3cc(C#N)cn3)C2)n1. The number of hydrogen-bond donors (Lipinski definition) is 0. The lowest BCUT2D eigenvalue weighted by molar-refractivity contribution is 0.363. The molecule has 0 aliphatic carbocycles. The van der Waals surface area contributed by atoms with E-state index in [0.29, 0.717) is 11.6 Å². The molecule has 0 radical (unpaired) electrons. The molecule has 90 valence electrons. The van der Waals surface area contributed by atoms with E-state index >= 15 is 0 Å². The maximum Gasteiger partial charge on any atom is 0.225 e. The molecule has 0 saturated carbocycles. The molecule has 0 N–H and O–H groups in total. The van der Waals surface area contributed by atoms with Crippen molar-refractivity contribution in [3.05, 3.63) is 35.9 Å². The highest BCUT2D eigenvalue weighted by atomic mass is 15.4. The van der Waals surface area contributed by atoms with Crippen LogP contribution in [0, 0.1) is 18.3 Å². The first-order chi connectivity index (χ1) is 8.76. The van der Waals surface area contributed by atoms with Crippen LogP contribution in [0.25, 0.3) is 0 Å². The van der Waals surface area contributed by atoms with Crippen LogP contribution in [0.3, 0.4) is 0 Å². The van der Waals surface area contributed by atoms with Crippen molar-refractivity contribution in [3.63, 3.8) is 0 Å². The third-order valence-corrected chi connectivity index (χ3v) is 3.03. The summed E-state index contributed by atoms with van der Waals surface area (Å²) in [5.41, 5.74) is 1.56. The molecule has 3 heterocycles. The molecule has 0 bridgehead atoms. The van der Waals surface area contributed by atoms with Gasteiger partial charge in [0.1, 0.15) is 6.07 Å². The van der Waals surface area contributed by atoms with Crippen molar-refractivity contribution in [2.24, 2.45) is 0 Å². The van der Waals surface area contributed by atoms with Crippen molar-refractivity contribution >= 4 is 5.95 Å². The van der Waals surface area contributed by atoms with Gasteiger partial charge in [-0.3, -0.25) is 4.68 Å². The van der Waals surface area contributed by atoms with E-state index in [0.717, 1.165) is 24.7 Å². The molecule has 1 aliphatic heterocycles. The molecule has 1 saturated heterocycles. The largest absolute Gasteiger partial charge is 0.336 e. The molecule has 1 aliphatic rings. The maximum atomic E-state index is 8.75. The molecule has 3 rings (SSSR count). The number of nitriles is 1. The Morgan fingerprint density at radius 3 is 2.94 bits per heavy atom. The first kappa shape index (κ1) is 10.7. The number of aromatic nitrogens is 4. The number of anilines is 1. The minimum absolute atomic E-state index is 0.302. The van der Waals surface area contributed by atoms with Gasteiger partial charge in [-0.15, -0.1) is 0 Å². The van der Waals surface area contributed by atoms with Crippen LogP contribution in [-0.2, 0) is 0 Å². The van der Waals surface area contributed by atoms with E-state index in [1.54, 1.807) is 18.6 Å². The van der Waals surface area contributed by atoms with Crippen molar-refractivity contribution in [2.45, 2.75) is 13.0 Å². The van der Waals surface area contributed by atoms with Crippen molar-refractivity contribution in [1.29, 1.82) is 5.26 Å². The van der Waals surface area contributed by atoms with Crippen molar-refractivity contribution in [2.75, 3.05) is 18.0 Å². The molecular weight excluding hydrogens is 228 g/mol. The molecule has 0 aromatic carbocycles. The topological polar surface area (TPSA) is 70.6 Å². The third kappa shape index (κ3) is 1.80. The summed E-state index contributed by atoms with van der Waals surface area (Å²) in [7, 11) is 0. The average Bonchev–Trinajstić information content (AvgIpc) is 2.76. The second-order valence-corrected chi connectivity index (χ2v) is 4.38. The van der Waals surface area contributed by atoms with E-state index < -0.39 is 0 Å². The Hall–Kier alpha value is -2.42. The highest BCUT2D eigenvalue weighted by Crippen LogP contribution is 2.24. The molecule has 18 heavy (non-hydrogen) atoms. The number of rotatable bonds is 2. The van der Waals surface area contributed by atoms with Crippen molar-refractivity contribution in [3.8, 4) is 6.07 Å². The molecule has 2 aromatic rings. The molecule has 6 heteroatoms. The van der Waals surface area contributed by atoms with Gasteiger partial charge in [0.15, 0.2) is 0 Å². The zero-order chi connectivity index (χ0) is 12.5. The van der Waals surface area contributed by atoms with E-state index in [4.69, 9.17) is 5.26 Å². The fourth-order valence-corrected chi connectivity index (χ4v) is 1.97. The van der Waals surface area contributed by atoms with Gasteiger partial charge in [0.05, 0.1) is 17.8 Å². The number of aryl methyl sites for hydroxylation is 1. The molecule has 0 amide bonds. The fraction of sp³-hybridized carbons (Fsp3) is 0.333. The van der Waals surface area contributed by atoms with Crippen LogP contribution in [-0.4, -0.2) is 32.8 Å². The summed E-state index contributed by atoms with van der Waals surface area (Å²) in [6.07, 6.45) is 5.14. The van der Waals surface area contributed by atoms with Crippen LogP contribution >= 0.6 is 0 Å². The summed E-state index contributed by atoms with van der Waals surface area (Å²) in [5, 5.41) is 12.9. The van der Waals surface area contributed by atoms with E-state index in [2.05, 4.69) is 26.0 Å². The van der Waals surface area contributed by atoms with Gasteiger partial charge in [-0.25, -0.2) is 9.97 Å². The predicted molar refractivity (Wildman–Crippen MR) is 65.0 cm³/mol. The summed E-state index contributed by atoms with van der Waals surface area (Å²) in [5.74, 6) is 0.763. The molecule has 0 unspecified atom stereocenters. The Morgan fingerprint density at radius 2 is 2.28 bits per heavy atom. The Kier molecular flexibility index (Phi) is 2.45. The number of nitrogens with zero attached hydrogens (tertiary/aromatic N) is 6. The monoisotopic (exact) mass is 240 g/mol. The Balaban J connectivity index is 1.68. The molecule has 1 fully saturated rings. The van der Waals surface area contributed by atoms with Gasteiger partial charge in [0, 0.05) is 31.2 Å². The van der Waals surface area contributed by atoms with Gasteiger partial charge in [0.25, 0.3) is 0 Å². The average molecular weight is 240 g/mol. The lowest BCUT2D eigenvalue weighted by atomic mass is 10.1. The predicted octanol–water partition coefficient (Wildman–Crippen LogP) is 0.914. The first-order valence-corrected chi connectivity index (χ1v) is 5.75. The highest BCUT2D eigenvalue weighted by molar-refractivity contribution is 5.35. The van der Waals surface area contributed by atoms with Crippen LogP contribution < -0.4 is 4.90 Å². The quantitative estimate of drug-likeness (QED) is 0.780. The maximum absolute atomic E-state index is 8.75. The smallest absolute Gasteiger partial charge is 0.225 e. The Bertz CT molecular complexity index is 605. The van der Waals surface area contributed by atoms with Gasteiger partial charge in [0.2, 0.25) is 5.95 Å². The Labute approximate surface area is 105 Å². The standard InChI is InChI=1S/C12H12N6/c1-9-2-3-14-12(16-9)17-7-11(8-17)18-6-10(4-13)5-15-18/h2-3,5-6,11H,7-8H2,1H3. The summed E-state index contributed by atoms with van der Waals surface area (Å²) in [6.45, 7) is 3.61. The van der Waals surface area contributed by atoms with Gasteiger partial charge in [-0.1, -0.05) is 0 Å². The summed E-state index contributed by atoms with van der Waals surface area (Å²) in [4.78, 5) is 10.7. The normalized spacial score (nSPS) is 15.2. The van der Waals surface area contributed by atoms with Gasteiger partial charge >= 0.3 is 0 Å². The summed E-state index contributed by atoms with van der Waals surface area (Å²) < 4.78 is 1.84. The molecule has 6 nitrogen and oxygen atoms in total. The second kappa shape index (κ2) is 4.11. The molecule has 2 aromatic heterocycles. The Morgan fingerprint density at radius 1 is 1.44 bits per heavy atom. The van der Waals surface area contributed by atoms with Crippen LogP contribution in [0.1, 0.15) is 17.3 Å². The molecular formula is C12H12N6. The van der Waals surface area contributed by atoms with E-state index in [1.165, 1.54) is 0 Å². The van der Waals surface area contributed by atoms with E-state index in [1.807, 2.05) is 17.7 Å². The van der Waals surface area contributed by atoms with Gasteiger partial charge < -0.3 is 4.90 Å². The van der Waals surface area contributed by atoms with Crippen LogP contribution in [0.15, 0.2) is 24.7 Å². The lowest BCUT2D eigenvalue weighted by Crippen LogP contribution is -2.48. The second-order valence-electron chi connectivity index (χ2n) is 4.38. The first-order valence-electron chi connectivity index (χ1n) is 5.75. The van der Waals surface area contributed by atoms with Gasteiger partial charge in [-0.05, 0) is 13.0 Å². The lowest BCUT2D eigenvalue weighted by Gasteiger charge is -2.39. The molecule has 0 spiro atoms. The zero-order valence-corrected chi connectivity index (χ0v) is 9.98. The fourth-order valence-electron chi connectivity index (χ4n) is 1.97. The van der Waals surface area contributed by atoms with Gasteiger partial charge in [-0.2, -0.15) is 10.4 Å². The van der Waals surface area contributed by atoms with Crippen LogP contribution in [0.5, 0.6) is 0 Å². The van der Waals surface area contributed by atoms with E-state index in [9.17, 15) is 0 Å². The van der Waals surface area contributed by atoms with E-state index in [-0.39, 0.29) is 0 Å². The summed E-state index contributed by atoms with van der Waals surface area (Å²) >= 11 is 0. The molecule has 0 atom stereocenters. The van der Waals surface area contributed by atoms with Crippen LogP contribution in [0.4, 0.5) is 5.95 Å². The third-order valence-electron chi connectivity index (χ3n) is 3.03.